The van der Waals surface area contributed by atoms with Crippen molar-refractivity contribution in [2.24, 2.45) is 10.4 Å². The Morgan fingerprint density at radius 2 is 2.10 bits per heavy atom. The van der Waals surface area contributed by atoms with Crippen LogP contribution in [0.1, 0.15) is 51.5 Å². The number of guanidine groups is 1. The summed E-state index contributed by atoms with van der Waals surface area (Å²) in [5.74, 6) is 1.65. The Morgan fingerprint density at radius 1 is 1.24 bits per heavy atom. The fourth-order valence-corrected chi connectivity index (χ4v) is 4.02. The fraction of sp³-hybridized carbons (Fsp3) is 0.591. The van der Waals surface area contributed by atoms with Crippen molar-refractivity contribution in [3.8, 4) is 11.4 Å². The molecule has 1 heterocycles. The van der Waals surface area contributed by atoms with Crippen molar-refractivity contribution in [2.45, 2.75) is 52.5 Å². The molecule has 1 fully saturated rings. The number of aromatic amines is 1. The van der Waals surface area contributed by atoms with E-state index in [1.54, 1.807) is 0 Å². The maximum atomic E-state index is 5.64. The highest BCUT2D eigenvalue weighted by molar-refractivity contribution is 5.79. The third-order valence-corrected chi connectivity index (χ3v) is 5.66. The summed E-state index contributed by atoms with van der Waals surface area (Å²) in [6, 6.07) is 8.26. The Labute approximate surface area is 173 Å². The molecule has 0 saturated heterocycles. The monoisotopic (exact) mass is 398 g/mol. The summed E-state index contributed by atoms with van der Waals surface area (Å²) in [7, 11) is 0. The van der Waals surface area contributed by atoms with Crippen LogP contribution in [0.4, 0.5) is 0 Å². The number of ether oxygens (including phenoxy) is 1. The summed E-state index contributed by atoms with van der Waals surface area (Å²) in [6.07, 6.45) is 7.81. The molecule has 3 N–H and O–H groups in total. The zero-order valence-corrected chi connectivity index (χ0v) is 17.7. The van der Waals surface area contributed by atoms with Gasteiger partial charge in [0.25, 0.3) is 0 Å². The standard InChI is InChI=1S/C22H34N6O/c1-3-23-21(25-16-22(10-5-6-11-22)12-13-29-4-2)24-15-18-8-7-9-19(14-18)20-26-17-27-28-20/h7-9,14,17H,3-6,10-13,15-16H2,1-2H3,(H2,23,24,25)(H,26,27,28). The minimum atomic E-state index is 0.331. The van der Waals surface area contributed by atoms with Crippen molar-refractivity contribution >= 4 is 5.96 Å². The third kappa shape index (κ3) is 6.29. The largest absolute Gasteiger partial charge is 0.382 e. The molecule has 1 saturated carbocycles. The van der Waals surface area contributed by atoms with Gasteiger partial charge in [-0.15, -0.1) is 0 Å². The van der Waals surface area contributed by atoms with Crippen molar-refractivity contribution in [3.05, 3.63) is 36.2 Å². The van der Waals surface area contributed by atoms with Crippen LogP contribution in [0.25, 0.3) is 11.4 Å². The Hall–Kier alpha value is -2.41. The van der Waals surface area contributed by atoms with E-state index in [1.807, 2.05) is 12.1 Å². The molecular formula is C22H34N6O. The highest BCUT2D eigenvalue weighted by Crippen LogP contribution is 2.40. The van der Waals surface area contributed by atoms with Gasteiger partial charge in [-0.25, -0.2) is 9.98 Å². The molecule has 0 bridgehead atoms. The molecule has 3 rings (SSSR count). The number of aliphatic imine (C=N–C) groups is 1. The number of hydrogen-bond acceptors (Lipinski definition) is 4. The van der Waals surface area contributed by atoms with Gasteiger partial charge in [0, 0.05) is 31.9 Å². The van der Waals surface area contributed by atoms with Gasteiger partial charge in [-0.3, -0.25) is 5.10 Å². The van der Waals surface area contributed by atoms with Crippen LogP contribution in [0.5, 0.6) is 0 Å². The molecule has 1 aromatic heterocycles. The lowest BCUT2D eigenvalue weighted by Gasteiger charge is -2.30. The number of nitrogens with zero attached hydrogens (tertiary/aromatic N) is 3. The van der Waals surface area contributed by atoms with Crippen LogP contribution in [0.15, 0.2) is 35.6 Å². The minimum Gasteiger partial charge on any atom is -0.382 e. The molecule has 1 aliphatic carbocycles. The van der Waals surface area contributed by atoms with Crippen molar-refractivity contribution in [2.75, 3.05) is 26.3 Å². The first-order chi connectivity index (χ1) is 14.2. The third-order valence-electron chi connectivity index (χ3n) is 5.66. The molecule has 0 aliphatic heterocycles. The second-order valence-electron chi connectivity index (χ2n) is 7.74. The smallest absolute Gasteiger partial charge is 0.191 e. The first kappa shape index (κ1) is 21.3. The predicted octanol–water partition coefficient (Wildman–Crippen LogP) is 3.51. The lowest BCUT2D eigenvalue weighted by molar-refractivity contribution is 0.105. The first-order valence-corrected chi connectivity index (χ1v) is 10.8. The predicted molar refractivity (Wildman–Crippen MR) is 117 cm³/mol. The summed E-state index contributed by atoms with van der Waals surface area (Å²) in [5.41, 5.74) is 2.49. The quantitative estimate of drug-likeness (QED) is 0.324. The normalized spacial score (nSPS) is 16.1. The number of aromatic nitrogens is 3. The van der Waals surface area contributed by atoms with Crippen LogP contribution in [0.2, 0.25) is 0 Å². The van der Waals surface area contributed by atoms with E-state index in [1.165, 1.54) is 32.0 Å². The molecule has 158 valence electrons. The van der Waals surface area contributed by atoms with Crippen LogP contribution in [0.3, 0.4) is 0 Å². The summed E-state index contributed by atoms with van der Waals surface area (Å²) >= 11 is 0. The van der Waals surface area contributed by atoms with E-state index in [9.17, 15) is 0 Å². The molecule has 1 aromatic carbocycles. The maximum absolute atomic E-state index is 5.64. The second-order valence-corrected chi connectivity index (χ2v) is 7.74. The topological polar surface area (TPSA) is 87.2 Å². The highest BCUT2D eigenvalue weighted by Gasteiger charge is 2.33. The average molecular weight is 399 g/mol. The molecule has 0 radical (unpaired) electrons. The zero-order valence-electron chi connectivity index (χ0n) is 17.7. The van der Waals surface area contributed by atoms with Gasteiger partial charge in [-0.1, -0.05) is 31.0 Å². The van der Waals surface area contributed by atoms with E-state index in [0.717, 1.165) is 55.6 Å². The molecule has 1 aliphatic rings. The Morgan fingerprint density at radius 3 is 2.83 bits per heavy atom. The van der Waals surface area contributed by atoms with Crippen LogP contribution >= 0.6 is 0 Å². The van der Waals surface area contributed by atoms with E-state index in [-0.39, 0.29) is 0 Å². The number of benzene rings is 1. The van der Waals surface area contributed by atoms with Crippen LogP contribution in [-0.4, -0.2) is 47.4 Å². The van der Waals surface area contributed by atoms with E-state index in [0.29, 0.717) is 12.0 Å². The molecule has 0 atom stereocenters. The van der Waals surface area contributed by atoms with Crippen LogP contribution < -0.4 is 10.6 Å². The lowest BCUT2D eigenvalue weighted by atomic mass is 9.83. The maximum Gasteiger partial charge on any atom is 0.191 e. The Balaban J connectivity index is 1.61. The first-order valence-electron chi connectivity index (χ1n) is 10.8. The average Bonchev–Trinajstić information content (AvgIpc) is 3.43. The molecule has 0 amide bonds. The lowest BCUT2D eigenvalue weighted by Crippen LogP contribution is -2.43. The molecule has 29 heavy (non-hydrogen) atoms. The molecule has 0 unspecified atom stereocenters. The van der Waals surface area contributed by atoms with E-state index in [2.05, 4.69) is 51.8 Å². The number of hydrogen-bond donors (Lipinski definition) is 3. The van der Waals surface area contributed by atoms with Gasteiger partial charge < -0.3 is 15.4 Å². The van der Waals surface area contributed by atoms with Gasteiger partial charge in [-0.2, -0.15) is 5.10 Å². The molecule has 0 spiro atoms. The van der Waals surface area contributed by atoms with E-state index in [4.69, 9.17) is 9.73 Å². The Kier molecular flexibility index (Phi) is 8.04. The minimum absolute atomic E-state index is 0.331. The molecular weight excluding hydrogens is 364 g/mol. The van der Waals surface area contributed by atoms with E-state index < -0.39 is 0 Å². The van der Waals surface area contributed by atoms with Crippen molar-refractivity contribution in [3.63, 3.8) is 0 Å². The Bertz CT molecular complexity index is 752. The summed E-state index contributed by atoms with van der Waals surface area (Å²) in [6.45, 7) is 8.21. The number of H-pyrrole nitrogens is 1. The summed E-state index contributed by atoms with van der Waals surface area (Å²) in [4.78, 5) is 9.04. The number of rotatable bonds is 10. The van der Waals surface area contributed by atoms with Gasteiger partial charge in [0.2, 0.25) is 0 Å². The van der Waals surface area contributed by atoms with Crippen LogP contribution in [-0.2, 0) is 11.3 Å². The van der Waals surface area contributed by atoms with Gasteiger partial charge in [0.15, 0.2) is 11.8 Å². The molecule has 7 heteroatoms. The van der Waals surface area contributed by atoms with Gasteiger partial charge in [0.1, 0.15) is 6.33 Å². The van der Waals surface area contributed by atoms with Crippen molar-refractivity contribution in [1.82, 2.24) is 25.8 Å². The van der Waals surface area contributed by atoms with Crippen molar-refractivity contribution < 1.29 is 4.74 Å². The van der Waals surface area contributed by atoms with Gasteiger partial charge >= 0.3 is 0 Å². The summed E-state index contributed by atoms with van der Waals surface area (Å²) < 4.78 is 5.64. The van der Waals surface area contributed by atoms with Gasteiger partial charge in [-0.05, 0) is 50.2 Å². The second kappa shape index (κ2) is 11.0. The molecule has 2 aromatic rings. The number of nitrogens with one attached hydrogen (secondary N) is 3. The fourth-order valence-electron chi connectivity index (χ4n) is 4.02. The van der Waals surface area contributed by atoms with Gasteiger partial charge in [0.05, 0.1) is 6.54 Å². The summed E-state index contributed by atoms with van der Waals surface area (Å²) in [5, 5.41) is 13.8. The SMILES string of the molecule is CCNC(=NCc1cccc(-c2ncn[nH]2)c1)NCC1(CCOCC)CCCC1. The van der Waals surface area contributed by atoms with Crippen molar-refractivity contribution in [1.29, 1.82) is 0 Å². The van der Waals surface area contributed by atoms with E-state index >= 15 is 0 Å². The molecule has 7 nitrogen and oxygen atoms in total. The zero-order chi connectivity index (χ0) is 20.4. The highest BCUT2D eigenvalue weighted by atomic mass is 16.5. The van der Waals surface area contributed by atoms with Crippen LogP contribution in [0, 0.1) is 5.41 Å².